The molecule has 1 fully saturated rings. The van der Waals surface area contributed by atoms with Gasteiger partial charge in [0, 0.05) is 11.9 Å². The molecule has 32 heavy (non-hydrogen) atoms. The van der Waals surface area contributed by atoms with Crippen LogP contribution in [0.5, 0.6) is 11.5 Å². The number of hydrogen-bond donors (Lipinski definition) is 2. The van der Waals surface area contributed by atoms with Crippen molar-refractivity contribution in [2.45, 2.75) is 18.6 Å². The molecule has 2 heterocycles. The molecule has 4 rings (SSSR count). The molecule has 2 aromatic carbocycles. The first-order valence-corrected chi connectivity index (χ1v) is 9.89. The SMILES string of the molecule is O=C1COCC(Cc2ccc(Oc3ccc(Nc4ccc(C(F)(F)F)cn4)cc3)cc2)N1. The monoisotopic (exact) mass is 443 g/mol. The topological polar surface area (TPSA) is 72.5 Å². The van der Waals surface area contributed by atoms with Crippen molar-refractivity contribution in [2.24, 2.45) is 0 Å². The molecular formula is C23H20F3N3O3. The number of carbonyl (C=O) groups is 1. The minimum absolute atomic E-state index is 0.0396. The summed E-state index contributed by atoms with van der Waals surface area (Å²) in [7, 11) is 0. The number of ether oxygens (including phenoxy) is 2. The number of amides is 1. The lowest BCUT2D eigenvalue weighted by molar-refractivity contribution is -0.137. The number of carbonyl (C=O) groups excluding carboxylic acids is 1. The Hall–Kier alpha value is -3.59. The van der Waals surface area contributed by atoms with E-state index < -0.39 is 11.7 Å². The highest BCUT2D eigenvalue weighted by atomic mass is 19.4. The van der Waals surface area contributed by atoms with Gasteiger partial charge in [0.15, 0.2) is 0 Å². The summed E-state index contributed by atoms with van der Waals surface area (Å²) in [6, 6.07) is 16.8. The van der Waals surface area contributed by atoms with E-state index in [0.29, 0.717) is 36.0 Å². The second-order valence-corrected chi connectivity index (χ2v) is 7.31. The summed E-state index contributed by atoms with van der Waals surface area (Å²) >= 11 is 0. The Bertz CT molecular complexity index is 1050. The third-order valence-electron chi connectivity index (χ3n) is 4.78. The first-order chi connectivity index (χ1) is 15.3. The molecular weight excluding hydrogens is 423 g/mol. The number of halogens is 3. The molecule has 2 N–H and O–H groups in total. The lowest BCUT2D eigenvalue weighted by atomic mass is 10.1. The predicted molar refractivity (Wildman–Crippen MR) is 112 cm³/mol. The van der Waals surface area contributed by atoms with Crippen LogP contribution in [-0.2, 0) is 22.1 Å². The van der Waals surface area contributed by atoms with Gasteiger partial charge in [0.2, 0.25) is 5.91 Å². The average molecular weight is 443 g/mol. The highest BCUT2D eigenvalue weighted by Gasteiger charge is 2.30. The predicted octanol–water partition coefficient (Wildman–Crippen LogP) is 4.69. The van der Waals surface area contributed by atoms with E-state index in [1.165, 1.54) is 6.07 Å². The Morgan fingerprint density at radius 2 is 1.72 bits per heavy atom. The number of rotatable bonds is 6. The molecule has 0 radical (unpaired) electrons. The van der Waals surface area contributed by atoms with Crippen molar-refractivity contribution in [1.29, 1.82) is 0 Å². The normalized spacial score (nSPS) is 16.3. The first-order valence-electron chi connectivity index (χ1n) is 9.89. The molecule has 1 aromatic heterocycles. The summed E-state index contributed by atoms with van der Waals surface area (Å²) in [5.41, 5.74) is 0.920. The van der Waals surface area contributed by atoms with Gasteiger partial charge in [-0.3, -0.25) is 4.79 Å². The Kier molecular flexibility index (Phi) is 6.27. The quantitative estimate of drug-likeness (QED) is 0.578. The number of nitrogens with one attached hydrogen (secondary N) is 2. The van der Waals surface area contributed by atoms with E-state index in [0.717, 1.165) is 17.8 Å². The third kappa shape index (κ3) is 5.76. The van der Waals surface area contributed by atoms with Crippen LogP contribution in [0, 0.1) is 0 Å². The second kappa shape index (κ2) is 9.27. The van der Waals surface area contributed by atoms with Crippen molar-refractivity contribution in [2.75, 3.05) is 18.5 Å². The molecule has 1 unspecified atom stereocenters. The van der Waals surface area contributed by atoms with Gasteiger partial charge in [0.25, 0.3) is 0 Å². The zero-order chi connectivity index (χ0) is 22.6. The van der Waals surface area contributed by atoms with Crippen molar-refractivity contribution in [3.8, 4) is 11.5 Å². The number of pyridine rings is 1. The summed E-state index contributed by atoms with van der Waals surface area (Å²) in [5.74, 6) is 1.47. The number of anilines is 2. The maximum Gasteiger partial charge on any atom is 0.417 e. The Morgan fingerprint density at radius 1 is 1.03 bits per heavy atom. The van der Waals surface area contributed by atoms with Crippen molar-refractivity contribution >= 4 is 17.4 Å². The number of morpholine rings is 1. The number of alkyl halides is 3. The Balaban J connectivity index is 1.32. The van der Waals surface area contributed by atoms with Crippen LogP contribution in [0.1, 0.15) is 11.1 Å². The minimum Gasteiger partial charge on any atom is -0.457 e. The molecule has 166 valence electrons. The number of aromatic nitrogens is 1. The van der Waals surface area contributed by atoms with Gasteiger partial charge in [-0.05, 0) is 60.5 Å². The van der Waals surface area contributed by atoms with Gasteiger partial charge in [-0.15, -0.1) is 0 Å². The van der Waals surface area contributed by atoms with Crippen LogP contribution in [0.2, 0.25) is 0 Å². The number of nitrogens with zero attached hydrogens (tertiary/aromatic N) is 1. The van der Waals surface area contributed by atoms with Crippen LogP contribution >= 0.6 is 0 Å². The number of hydrogen-bond acceptors (Lipinski definition) is 5. The summed E-state index contributed by atoms with van der Waals surface area (Å²) in [4.78, 5) is 15.2. The first kappa shape index (κ1) is 21.6. The highest BCUT2D eigenvalue weighted by Crippen LogP contribution is 2.29. The van der Waals surface area contributed by atoms with Gasteiger partial charge in [-0.1, -0.05) is 12.1 Å². The van der Waals surface area contributed by atoms with E-state index in [1.54, 1.807) is 24.3 Å². The zero-order valence-corrected chi connectivity index (χ0v) is 16.9. The van der Waals surface area contributed by atoms with Gasteiger partial charge in [0.05, 0.1) is 18.2 Å². The smallest absolute Gasteiger partial charge is 0.417 e. The second-order valence-electron chi connectivity index (χ2n) is 7.31. The van der Waals surface area contributed by atoms with Crippen LogP contribution in [0.3, 0.4) is 0 Å². The zero-order valence-electron chi connectivity index (χ0n) is 16.9. The Morgan fingerprint density at radius 3 is 2.31 bits per heavy atom. The minimum atomic E-state index is -4.41. The largest absolute Gasteiger partial charge is 0.457 e. The molecule has 1 atom stereocenters. The summed E-state index contributed by atoms with van der Waals surface area (Å²) in [6.07, 6.45) is -2.95. The lowest BCUT2D eigenvalue weighted by Crippen LogP contribution is -2.46. The molecule has 1 amide bonds. The van der Waals surface area contributed by atoms with Crippen LogP contribution < -0.4 is 15.4 Å². The van der Waals surface area contributed by atoms with E-state index in [9.17, 15) is 18.0 Å². The highest BCUT2D eigenvalue weighted by molar-refractivity contribution is 5.78. The van der Waals surface area contributed by atoms with Crippen LogP contribution in [-0.4, -0.2) is 30.1 Å². The maximum absolute atomic E-state index is 12.6. The molecule has 1 aliphatic rings. The molecule has 9 heteroatoms. The summed E-state index contributed by atoms with van der Waals surface area (Å²) < 4.78 is 48.9. The van der Waals surface area contributed by atoms with Crippen LogP contribution in [0.4, 0.5) is 24.7 Å². The van der Waals surface area contributed by atoms with Gasteiger partial charge < -0.3 is 20.1 Å². The van der Waals surface area contributed by atoms with Crippen molar-refractivity contribution in [3.05, 3.63) is 78.0 Å². The fourth-order valence-corrected chi connectivity index (χ4v) is 3.22. The van der Waals surface area contributed by atoms with E-state index >= 15 is 0 Å². The molecule has 3 aromatic rings. The summed E-state index contributed by atoms with van der Waals surface area (Å²) in [5, 5.41) is 5.84. The van der Waals surface area contributed by atoms with Crippen molar-refractivity contribution in [1.82, 2.24) is 10.3 Å². The molecule has 0 bridgehead atoms. The molecule has 1 aliphatic heterocycles. The molecule has 6 nitrogen and oxygen atoms in total. The van der Waals surface area contributed by atoms with Gasteiger partial charge in [-0.25, -0.2) is 4.98 Å². The number of benzene rings is 2. The van der Waals surface area contributed by atoms with Crippen molar-refractivity contribution in [3.63, 3.8) is 0 Å². The fourth-order valence-electron chi connectivity index (χ4n) is 3.22. The van der Waals surface area contributed by atoms with Crippen molar-refractivity contribution < 1.29 is 27.4 Å². The van der Waals surface area contributed by atoms with Crippen LogP contribution in [0.25, 0.3) is 0 Å². The Labute approximate surface area is 182 Å². The van der Waals surface area contributed by atoms with Crippen LogP contribution in [0.15, 0.2) is 66.9 Å². The van der Waals surface area contributed by atoms with Gasteiger partial charge in [-0.2, -0.15) is 13.2 Å². The molecule has 0 aliphatic carbocycles. The average Bonchev–Trinajstić information content (AvgIpc) is 2.76. The molecule has 1 saturated heterocycles. The van der Waals surface area contributed by atoms with Gasteiger partial charge >= 0.3 is 6.18 Å². The fraction of sp³-hybridized carbons (Fsp3) is 0.217. The third-order valence-corrected chi connectivity index (χ3v) is 4.78. The van der Waals surface area contributed by atoms with Gasteiger partial charge in [0.1, 0.15) is 23.9 Å². The van der Waals surface area contributed by atoms with E-state index in [2.05, 4.69) is 15.6 Å². The molecule has 0 spiro atoms. The maximum atomic E-state index is 12.6. The molecule has 0 saturated carbocycles. The standard InChI is InChI=1S/C23H20F3N3O3/c24-23(25,26)16-3-10-21(27-12-16)28-17-4-8-20(9-5-17)32-19-6-1-15(2-7-19)11-18-13-31-14-22(30)29-18/h1-10,12,18H,11,13-14H2,(H,27,28)(H,29,30). The van der Waals surface area contributed by atoms with E-state index in [4.69, 9.17) is 9.47 Å². The summed E-state index contributed by atoms with van der Waals surface area (Å²) in [6.45, 7) is 0.602. The van der Waals surface area contributed by atoms with E-state index in [1.807, 2.05) is 24.3 Å². The van der Waals surface area contributed by atoms with E-state index in [-0.39, 0.29) is 18.6 Å². The lowest BCUT2D eigenvalue weighted by Gasteiger charge is -2.23.